The second kappa shape index (κ2) is 8.25. The van der Waals surface area contributed by atoms with Crippen molar-refractivity contribution in [3.63, 3.8) is 0 Å². The predicted molar refractivity (Wildman–Crippen MR) is 48.4 cm³/mol. The molecule has 0 spiro atoms. The van der Waals surface area contributed by atoms with Crippen molar-refractivity contribution in [2.45, 2.75) is 13.3 Å². The summed E-state index contributed by atoms with van der Waals surface area (Å²) in [6.07, 6.45) is 2.69. The zero-order valence-electron chi connectivity index (χ0n) is 8.06. The van der Waals surface area contributed by atoms with E-state index in [0.29, 0.717) is 6.61 Å². The van der Waals surface area contributed by atoms with E-state index < -0.39 is 11.9 Å². The van der Waals surface area contributed by atoms with Gasteiger partial charge in [0.1, 0.15) is 6.61 Å². The Morgan fingerprint density at radius 1 is 1.14 bits per heavy atom. The largest absolute Gasteiger partial charge is 0.463 e. The number of carbonyl (C=O) groups excluding carboxylic acids is 2. The summed E-state index contributed by atoms with van der Waals surface area (Å²) in [6, 6.07) is 0. The Balaban J connectivity index is 3.68. The highest BCUT2D eigenvalue weighted by molar-refractivity contribution is 5.91. The summed E-state index contributed by atoms with van der Waals surface area (Å²) in [5, 5.41) is 8.32. The van der Waals surface area contributed by atoms with E-state index in [4.69, 9.17) is 5.11 Å². The Morgan fingerprint density at radius 2 is 1.64 bits per heavy atom. The fraction of sp³-hybridized carbons (Fsp3) is 0.556. The lowest BCUT2D eigenvalue weighted by Crippen LogP contribution is -2.07. The van der Waals surface area contributed by atoms with Crippen LogP contribution in [0.5, 0.6) is 0 Å². The molecule has 5 heteroatoms. The standard InChI is InChI=1S/C9H14O5/c1-2-6-13-8(11)3-4-9(12)14-7-5-10/h3-4,10H,2,5-7H2,1H3/b4-3+. The average molecular weight is 202 g/mol. The van der Waals surface area contributed by atoms with Gasteiger partial charge in [-0.2, -0.15) is 0 Å². The van der Waals surface area contributed by atoms with Crippen LogP contribution < -0.4 is 0 Å². The molecule has 0 unspecified atom stereocenters. The smallest absolute Gasteiger partial charge is 0.331 e. The van der Waals surface area contributed by atoms with Gasteiger partial charge in [0.25, 0.3) is 0 Å². The first kappa shape index (κ1) is 12.6. The van der Waals surface area contributed by atoms with Gasteiger partial charge in [0.2, 0.25) is 0 Å². The maximum Gasteiger partial charge on any atom is 0.331 e. The van der Waals surface area contributed by atoms with Crippen molar-refractivity contribution in [1.82, 2.24) is 0 Å². The van der Waals surface area contributed by atoms with Gasteiger partial charge in [0, 0.05) is 12.2 Å². The third kappa shape index (κ3) is 7.30. The quantitative estimate of drug-likeness (QED) is 0.486. The minimum absolute atomic E-state index is 0.0762. The lowest BCUT2D eigenvalue weighted by atomic mass is 10.5. The van der Waals surface area contributed by atoms with Gasteiger partial charge in [0.15, 0.2) is 0 Å². The van der Waals surface area contributed by atoms with Crippen LogP contribution in [0.2, 0.25) is 0 Å². The first-order valence-electron chi connectivity index (χ1n) is 4.33. The van der Waals surface area contributed by atoms with E-state index in [1.54, 1.807) is 0 Å². The average Bonchev–Trinajstić information content (AvgIpc) is 2.20. The molecule has 0 rings (SSSR count). The summed E-state index contributed by atoms with van der Waals surface area (Å²) < 4.78 is 9.13. The molecule has 0 radical (unpaired) electrons. The SMILES string of the molecule is CCCOC(=O)/C=C/C(=O)OCCO. The van der Waals surface area contributed by atoms with Gasteiger partial charge in [-0.3, -0.25) is 0 Å². The van der Waals surface area contributed by atoms with E-state index in [1.807, 2.05) is 6.92 Å². The van der Waals surface area contributed by atoms with Crippen molar-refractivity contribution >= 4 is 11.9 Å². The van der Waals surface area contributed by atoms with Crippen molar-refractivity contribution in [2.24, 2.45) is 0 Å². The molecular formula is C9H14O5. The third-order valence-corrected chi connectivity index (χ3v) is 1.14. The first-order chi connectivity index (χ1) is 6.70. The zero-order chi connectivity index (χ0) is 10.8. The Hall–Kier alpha value is -1.36. The molecule has 14 heavy (non-hydrogen) atoms. The van der Waals surface area contributed by atoms with Crippen LogP contribution in [0.4, 0.5) is 0 Å². The number of esters is 2. The highest BCUT2D eigenvalue weighted by Crippen LogP contribution is 1.86. The van der Waals surface area contributed by atoms with E-state index in [0.717, 1.165) is 18.6 Å². The molecule has 0 bridgehead atoms. The minimum Gasteiger partial charge on any atom is -0.463 e. The topological polar surface area (TPSA) is 72.8 Å². The molecule has 0 aromatic carbocycles. The van der Waals surface area contributed by atoms with Crippen LogP contribution in [0.25, 0.3) is 0 Å². The van der Waals surface area contributed by atoms with Gasteiger partial charge in [-0.1, -0.05) is 6.92 Å². The Morgan fingerprint density at radius 3 is 2.07 bits per heavy atom. The third-order valence-electron chi connectivity index (χ3n) is 1.14. The molecule has 0 aliphatic rings. The molecule has 0 amide bonds. The summed E-state index contributed by atoms with van der Waals surface area (Å²) >= 11 is 0. The van der Waals surface area contributed by atoms with E-state index in [-0.39, 0.29) is 13.2 Å². The van der Waals surface area contributed by atoms with Crippen LogP contribution in [0.15, 0.2) is 12.2 Å². The van der Waals surface area contributed by atoms with Crippen molar-refractivity contribution in [3.8, 4) is 0 Å². The number of rotatable bonds is 6. The fourth-order valence-electron chi connectivity index (χ4n) is 0.581. The molecule has 0 heterocycles. The second-order valence-corrected chi connectivity index (χ2v) is 2.39. The van der Waals surface area contributed by atoms with Crippen LogP contribution >= 0.6 is 0 Å². The number of hydrogen-bond donors (Lipinski definition) is 1. The maximum absolute atomic E-state index is 10.8. The van der Waals surface area contributed by atoms with Crippen LogP contribution in [0, 0.1) is 0 Å². The predicted octanol–water partition coefficient (Wildman–Crippen LogP) is 0.0313. The first-order valence-corrected chi connectivity index (χ1v) is 4.33. The molecule has 0 atom stereocenters. The van der Waals surface area contributed by atoms with Crippen molar-refractivity contribution in [1.29, 1.82) is 0 Å². The molecule has 0 saturated carbocycles. The number of aliphatic hydroxyl groups excluding tert-OH is 1. The van der Waals surface area contributed by atoms with Gasteiger partial charge >= 0.3 is 11.9 Å². The monoisotopic (exact) mass is 202 g/mol. The van der Waals surface area contributed by atoms with E-state index in [1.165, 1.54) is 0 Å². The Bertz CT molecular complexity index is 187. The highest BCUT2D eigenvalue weighted by Gasteiger charge is 1.99. The summed E-state index contributed by atoms with van der Waals surface area (Å²) in [4.78, 5) is 21.6. The molecule has 0 aliphatic carbocycles. The van der Waals surface area contributed by atoms with E-state index >= 15 is 0 Å². The number of ether oxygens (including phenoxy) is 2. The van der Waals surface area contributed by atoms with Crippen molar-refractivity contribution < 1.29 is 24.2 Å². The van der Waals surface area contributed by atoms with Crippen LogP contribution in [-0.4, -0.2) is 36.9 Å². The fourth-order valence-corrected chi connectivity index (χ4v) is 0.581. The molecule has 0 aromatic rings. The van der Waals surface area contributed by atoms with Gasteiger partial charge in [-0.05, 0) is 6.42 Å². The summed E-state index contributed by atoms with van der Waals surface area (Å²) in [7, 11) is 0. The molecule has 0 aromatic heterocycles. The van der Waals surface area contributed by atoms with E-state index in [2.05, 4.69) is 9.47 Å². The van der Waals surface area contributed by atoms with Crippen molar-refractivity contribution in [2.75, 3.05) is 19.8 Å². The van der Waals surface area contributed by atoms with Crippen LogP contribution in [0.3, 0.4) is 0 Å². The highest BCUT2D eigenvalue weighted by atomic mass is 16.5. The van der Waals surface area contributed by atoms with Gasteiger partial charge < -0.3 is 14.6 Å². The van der Waals surface area contributed by atoms with Crippen LogP contribution in [0.1, 0.15) is 13.3 Å². The Kier molecular flexibility index (Phi) is 7.45. The molecule has 5 nitrogen and oxygen atoms in total. The van der Waals surface area contributed by atoms with E-state index in [9.17, 15) is 9.59 Å². The van der Waals surface area contributed by atoms with Gasteiger partial charge in [-0.25, -0.2) is 9.59 Å². The molecule has 80 valence electrons. The zero-order valence-corrected chi connectivity index (χ0v) is 8.06. The lowest BCUT2D eigenvalue weighted by Gasteiger charge is -1.98. The normalized spacial score (nSPS) is 10.1. The number of aliphatic hydroxyl groups is 1. The molecule has 0 saturated heterocycles. The minimum atomic E-state index is -0.674. The van der Waals surface area contributed by atoms with Gasteiger partial charge in [0.05, 0.1) is 13.2 Å². The second-order valence-electron chi connectivity index (χ2n) is 2.39. The maximum atomic E-state index is 10.8. The lowest BCUT2D eigenvalue weighted by molar-refractivity contribution is -0.141. The molecule has 0 aliphatic heterocycles. The number of carbonyl (C=O) groups is 2. The molecule has 0 fully saturated rings. The summed E-state index contributed by atoms with van der Waals surface area (Å²) in [5.74, 6) is -1.25. The summed E-state index contributed by atoms with van der Waals surface area (Å²) in [5.41, 5.74) is 0. The Labute approximate surface area is 82.3 Å². The summed E-state index contributed by atoms with van der Waals surface area (Å²) in [6.45, 7) is 1.88. The number of hydrogen-bond acceptors (Lipinski definition) is 5. The van der Waals surface area contributed by atoms with Crippen molar-refractivity contribution in [3.05, 3.63) is 12.2 Å². The van der Waals surface area contributed by atoms with Crippen LogP contribution in [-0.2, 0) is 19.1 Å². The molecule has 1 N–H and O–H groups in total. The van der Waals surface area contributed by atoms with Gasteiger partial charge in [-0.15, -0.1) is 0 Å². The molecular weight excluding hydrogens is 188 g/mol.